The quantitative estimate of drug-likeness (QED) is 0.782. The Morgan fingerprint density at radius 3 is 2.17 bits per heavy atom. The van der Waals surface area contributed by atoms with Crippen LogP contribution in [0, 0.1) is 12.8 Å². The van der Waals surface area contributed by atoms with E-state index in [0.29, 0.717) is 25.2 Å². The van der Waals surface area contributed by atoms with Crippen LogP contribution in [0.3, 0.4) is 0 Å². The lowest BCUT2D eigenvalue weighted by molar-refractivity contribution is -0.141. The van der Waals surface area contributed by atoms with Crippen molar-refractivity contribution in [1.29, 1.82) is 0 Å². The first-order valence-corrected chi connectivity index (χ1v) is 11.1. The molecule has 1 aromatic carbocycles. The van der Waals surface area contributed by atoms with Gasteiger partial charge in [-0.05, 0) is 57.3 Å². The molecule has 3 fully saturated rings. The molecule has 3 aliphatic heterocycles. The highest BCUT2D eigenvalue weighted by atomic mass is 16.5. The van der Waals surface area contributed by atoms with Gasteiger partial charge in [0.05, 0.1) is 13.2 Å². The van der Waals surface area contributed by atoms with Gasteiger partial charge in [-0.1, -0.05) is 18.2 Å². The molecule has 3 aliphatic rings. The molecule has 0 N–H and O–H groups in total. The monoisotopic (exact) mass is 399 g/mol. The molecule has 6 nitrogen and oxygen atoms in total. The van der Waals surface area contributed by atoms with Crippen LogP contribution >= 0.6 is 0 Å². The smallest absolute Gasteiger partial charge is 0.254 e. The van der Waals surface area contributed by atoms with Crippen molar-refractivity contribution in [1.82, 2.24) is 14.7 Å². The van der Waals surface area contributed by atoms with Gasteiger partial charge in [0.2, 0.25) is 5.91 Å². The van der Waals surface area contributed by atoms with Crippen molar-refractivity contribution >= 4 is 11.8 Å². The summed E-state index contributed by atoms with van der Waals surface area (Å²) in [4.78, 5) is 32.1. The van der Waals surface area contributed by atoms with Gasteiger partial charge in [0, 0.05) is 43.7 Å². The number of morpholine rings is 1. The van der Waals surface area contributed by atoms with Gasteiger partial charge in [0.1, 0.15) is 0 Å². The van der Waals surface area contributed by atoms with Crippen LogP contribution in [0.1, 0.15) is 41.6 Å². The maximum Gasteiger partial charge on any atom is 0.254 e. The summed E-state index contributed by atoms with van der Waals surface area (Å²) >= 11 is 0. The molecule has 3 saturated heterocycles. The summed E-state index contributed by atoms with van der Waals surface area (Å²) in [5, 5.41) is 0. The van der Waals surface area contributed by atoms with Gasteiger partial charge in [-0.3, -0.25) is 9.59 Å². The second-order valence-corrected chi connectivity index (χ2v) is 8.59. The molecular weight excluding hydrogens is 366 g/mol. The molecule has 0 spiro atoms. The minimum absolute atomic E-state index is 0.163. The molecule has 0 aromatic heterocycles. The maximum atomic E-state index is 12.8. The predicted octanol–water partition coefficient (Wildman–Crippen LogP) is 2.17. The van der Waals surface area contributed by atoms with Crippen LogP contribution < -0.4 is 0 Å². The second kappa shape index (κ2) is 9.26. The lowest BCUT2D eigenvalue weighted by Crippen LogP contribution is -2.51. The third-order valence-corrected chi connectivity index (χ3v) is 6.85. The Labute approximate surface area is 173 Å². The van der Waals surface area contributed by atoms with E-state index in [0.717, 1.165) is 76.1 Å². The van der Waals surface area contributed by atoms with E-state index in [9.17, 15) is 9.59 Å². The fourth-order valence-electron chi connectivity index (χ4n) is 4.97. The largest absolute Gasteiger partial charge is 0.378 e. The number of rotatable bonds is 3. The van der Waals surface area contributed by atoms with Crippen LogP contribution in [0.15, 0.2) is 24.3 Å². The first kappa shape index (κ1) is 20.4. The van der Waals surface area contributed by atoms with Crippen molar-refractivity contribution in [2.45, 2.75) is 38.6 Å². The first-order chi connectivity index (χ1) is 14.1. The highest BCUT2D eigenvalue weighted by Gasteiger charge is 2.33. The molecule has 0 atom stereocenters. The fourth-order valence-corrected chi connectivity index (χ4v) is 4.97. The number of amides is 2. The van der Waals surface area contributed by atoms with E-state index >= 15 is 0 Å². The Morgan fingerprint density at radius 1 is 0.862 bits per heavy atom. The van der Waals surface area contributed by atoms with Crippen LogP contribution in [0.4, 0.5) is 0 Å². The van der Waals surface area contributed by atoms with Crippen LogP contribution in [-0.4, -0.2) is 85.0 Å². The first-order valence-electron chi connectivity index (χ1n) is 11.1. The third kappa shape index (κ3) is 4.64. The van der Waals surface area contributed by atoms with Crippen LogP contribution in [0.2, 0.25) is 0 Å². The molecule has 3 heterocycles. The molecule has 6 heteroatoms. The molecule has 2 amide bonds. The molecule has 0 radical (unpaired) electrons. The molecule has 4 rings (SSSR count). The van der Waals surface area contributed by atoms with Crippen molar-refractivity contribution in [2.75, 3.05) is 52.5 Å². The van der Waals surface area contributed by atoms with Crippen LogP contribution in [0.5, 0.6) is 0 Å². The molecule has 0 unspecified atom stereocenters. The summed E-state index contributed by atoms with van der Waals surface area (Å²) in [6.45, 7) is 8.47. The average Bonchev–Trinajstić information content (AvgIpc) is 2.79. The molecule has 0 bridgehead atoms. The van der Waals surface area contributed by atoms with Gasteiger partial charge in [-0.15, -0.1) is 0 Å². The van der Waals surface area contributed by atoms with Gasteiger partial charge in [-0.25, -0.2) is 0 Å². The minimum Gasteiger partial charge on any atom is -0.378 e. The Kier molecular flexibility index (Phi) is 6.50. The van der Waals surface area contributed by atoms with Crippen molar-refractivity contribution in [2.24, 2.45) is 5.92 Å². The van der Waals surface area contributed by atoms with E-state index in [-0.39, 0.29) is 11.8 Å². The molecule has 0 aliphatic carbocycles. The van der Waals surface area contributed by atoms with E-state index in [1.165, 1.54) is 0 Å². The Bertz CT molecular complexity index is 716. The number of likely N-dealkylation sites (tertiary alicyclic amines) is 2. The third-order valence-electron chi connectivity index (χ3n) is 6.85. The predicted molar refractivity (Wildman–Crippen MR) is 112 cm³/mol. The highest BCUT2D eigenvalue weighted by molar-refractivity contribution is 5.95. The van der Waals surface area contributed by atoms with E-state index in [1.807, 2.05) is 41.0 Å². The number of benzene rings is 1. The van der Waals surface area contributed by atoms with Crippen LogP contribution in [-0.2, 0) is 9.53 Å². The average molecular weight is 400 g/mol. The second-order valence-electron chi connectivity index (χ2n) is 8.59. The molecule has 0 saturated carbocycles. The summed E-state index contributed by atoms with van der Waals surface area (Å²) in [6.07, 6.45) is 3.97. The van der Waals surface area contributed by atoms with Gasteiger partial charge < -0.3 is 19.4 Å². The van der Waals surface area contributed by atoms with E-state index in [4.69, 9.17) is 4.74 Å². The number of carbonyl (C=O) groups excluding carboxylic acids is 2. The number of hydrogen-bond acceptors (Lipinski definition) is 4. The molecular formula is C23H33N3O3. The number of hydrogen-bond donors (Lipinski definition) is 0. The van der Waals surface area contributed by atoms with Crippen molar-refractivity contribution in [3.8, 4) is 0 Å². The van der Waals surface area contributed by atoms with E-state index in [2.05, 4.69) is 4.90 Å². The Balaban J connectivity index is 1.24. The number of carbonyl (C=O) groups is 2. The lowest BCUT2D eigenvalue weighted by Gasteiger charge is -2.42. The number of piperidine rings is 2. The van der Waals surface area contributed by atoms with Crippen molar-refractivity contribution in [3.63, 3.8) is 0 Å². The van der Waals surface area contributed by atoms with Crippen molar-refractivity contribution in [3.05, 3.63) is 35.4 Å². The summed E-state index contributed by atoms with van der Waals surface area (Å²) in [7, 11) is 0. The minimum atomic E-state index is 0.163. The van der Waals surface area contributed by atoms with E-state index in [1.54, 1.807) is 0 Å². The lowest BCUT2D eigenvalue weighted by atomic mass is 9.92. The Morgan fingerprint density at radius 2 is 1.52 bits per heavy atom. The highest BCUT2D eigenvalue weighted by Crippen LogP contribution is 2.26. The number of ether oxygens (including phenoxy) is 1. The SMILES string of the molecule is Cc1ccccc1C(=O)N1CCC(N2CCC(C(=O)N3CCOCC3)CC2)CC1. The maximum absolute atomic E-state index is 12.8. The van der Waals surface area contributed by atoms with Crippen molar-refractivity contribution < 1.29 is 14.3 Å². The topological polar surface area (TPSA) is 53.1 Å². The van der Waals surface area contributed by atoms with Gasteiger partial charge in [0.15, 0.2) is 0 Å². The van der Waals surface area contributed by atoms with Crippen LogP contribution in [0.25, 0.3) is 0 Å². The zero-order valence-electron chi connectivity index (χ0n) is 17.5. The molecule has 1 aromatic rings. The Hall–Kier alpha value is -1.92. The molecule has 158 valence electrons. The molecule has 29 heavy (non-hydrogen) atoms. The zero-order valence-corrected chi connectivity index (χ0v) is 17.5. The fraction of sp³-hybridized carbons (Fsp3) is 0.652. The normalized spacial score (nSPS) is 22.7. The van der Waals surface area contributed by atoms with Gasteiger partial charge >= 0.3 is 0 Å². The standard InChI is InChI=1S/C23H33N3O3/c1-18-4-2-3-5-21(18)23(28)25-12-8-20(9-13-25)24-10-6-19(7-11-24)22(27)26-14-16-29-17-15-26/h2-5,19-20H,6-17H2,1H3. The zero-order chi connectivity index (χ0) is 20.2. The number of aryl methyl sites for hydroxylation is 1. The van der Waals surface area contributed by atoms with Gasteiger partial charge in [-0.2, -0.15) is 0 Å². The van der Waals surface area contributed by atoms with E-state index < -0.39 is 0 Å². The van der Waals surface area contributed by atoms with Gasteiger partial charge in [0.25, 0.3) is 5.91 Å². The number of nitrogens with zero attached hydrogens (tertiary/aromatic N) is 3. The summed E-state index contributed by atoms with van der Waals surface area (Å²) in [5.41, 5.74) is 1.88. The summed E-state index contributed by atoms with van der Waals surface area (Å²) in [6, 6.07) is 8.39. The summed E-state index contributed by atoms with van der Waals surface area (Å²) in [5.74, 6) is 0.662. The summed E-state index contributed by atoms with van der Waals surface area (Å²) < 4.78 is 5.36.